The van der Waals surface area contributed by atoms with Crippen LogP contribution in [0, 0.1) is 5.92 Å². The third-order valence-corrected chi connectivity index (χ3v) is 3.48. The highest BCUT2D eigenvalue weighted by Gasteiger charge is 2.17. The quantitative estimate of drug-likeness (QED) is 0.864. The third-order valence-electron chi connectivity index (χ3n) is 3.48. The number of hydrogen-bond donors (Lipinski definition) is 1. The van der Waals surface area contributed by atoms with Crippen LogP contribution in [0.25, 0.3) is 10.9 Å². The summed E-state index contributed by atoms with van der Waals surface area (Å²) < 4.78 is 0. The van der Waals surface area contributed by atoms with Gasteiger partial charge >= 0.3 is 0 Å². The lowest BCUT2D eigenvalue weighted by Crippen LogP contribution is -2.25. The van der Waals surface area contributed by atoms with E-state index in [2.05, 4.69) is 11.9 Å². The minimum atomic E-state index is -0.0167. The lowest BCUT2D eigenvalue weighted by molar-refractivity contribution is -0.122. The number of benzene rings is 1. The van der Waals surface area contributed by atoms with Crippen molar-refractivity contribution in [3.63, 3.8) is 0 Å². The number of hydrogen-bond acceptors (Lipinski definition) is 3. The summed E-state index contributed by atoms with van der Waals surface area (Å²) in [6.45, 7) is 2.52. The number of aromatic nitrogens is 1. The zero-order chi connectivity index (χ0) is 13.7. The minimum Gasteiger partial charge on any atom is -0.330 e. The van der Waals surface area contributed by atoms with E-state index in [0.29, 0.717) is 13.0 Å². The molecule has 1 aromatic heterocycles. The smallest absolute Gasteiger partial charge is 0.141 e. The van der Waals surface area contributed by atoms with Gasteiger partial charge in [-0.15, -0.1) is 0 Å². The molecule has 0 amide bonds. The Hall–Kier alpha value is -1.74. The Morgan fingerprint density at radius 3 is 2.84 bits per heavy atom. The second-order valence-electron chi connectivity index (χ2n) is 4.85. The maximum absolute atomic E-state index is 12.3. The van der Waals surface area contributed by atoms with Crippen LogP contribution in [0.15, 0.2) is 36.5 Å². The highest BCUT2D eigenvalue weighted by molar-refractivity contribution is 5.90. The Labute approximate surface area is 113 Å². The van der Waals surface area contributed by atoms with Crippen molar-refractivity contribution >= 4 is 16.7 Å². The number of ketones is 1. The van der Waals surface area contributed by atoms with Crippen molar-refractivity contribution in [3.8, 4) is 0 Å². The first-order chi connectivity index (χ1) is 9.26. The van der Waals surface area contributed by atoms with Gasteiger partial charge in [0.2, 0.25) is 0 Å². The van der Waals surface area contributed by atoms with Crippen molar-refractivity contribution in [2.45, 2.75) is 26.2 Å². The maximum Gasteiger partial charge on any atom is 0.141 e. The monoisotopic (exact) mass is 256 g/mol. The molecule has 0 spiro atoms. The van der Waals surface area contributed by atoms with Crippen LogP contribution in [0.5, 0.6) is 0 Å². The number of fused-ring (bicyclic) bond motifs is 1. The Morgan fingerprint density at radius 1 is 1.32 bits per heavy atom. The van der Waals surface area contributed by atoms with Gasteiger partial charge in [0.25, 0.3) is 0 Å². The number of Topliss-reactive ketones (excluding diaryl/α,β-unsaturated/α-hetero) is 1. The molecule has 0 aliphatic carbocycles. The normalized spacial score (nSPS) is 12.5. The summed E-state index contributed by atoms with van der Waals surface area (Å²) in [7, 11) is 0. The van der Waals surface area contributed by atoms with E-state index in [4.69, 9.17) is 5.73 Å². The topological polar surface area (TPSA) is 56.0 Å². The zero-order valence-corrected chi connectivity index (χ0v) is 11.3. The average molecular weight is 256 g/mol. The van der Waals surface area contributed by atoms with Crippen molar-refractivity contribution in [2.24, 2.45) is 11.7 Å². The predicted octanol–water partition coefficient (Wildman–Crippen LogP) is 2.72. The van der Waals surface area contributed by atoms with Gasteiger partial charge in [-0.3, -0.25) is 9.78 Å². The molecular formula is C16H20N2O. The van der Waals surface area contributed by atoms with Gasteiger partial charge in [0, 0.05) is 30.5 Å². The molecule has 100 valence electrons. The molecule has 0 aliphatic rings. The molecule has 19 heavy (non-hydrogen) atoms. The Bertz CT molecular complexity index is 560. The molecule has 0 bridgehead atoms. The molecule has 2 rings (SSSR count). The van der Waals surface area contributed by atoms with Gasteiger partial charge < -0.3 is 5.73 Å². The molecule has 0 fully saturated rings. The standard InChI is InChI=1S/C16H20N2O/c1-2-5-13(11-17)16(19)10-12-8-9-18-15-7-4-3-6-14(12)15/h3-4,6-9,13H,2,5,10-11,17H2,1H3. The molecule has 0 saturated heterocycles. The minimum absolute atomic E-state index is 0.0167. The number of nitrogens with zero attached hydrogens (tertiary/aromatic N) is 1. The SMILES string of the molecule is CCCC(CN)C(=O)Cc1ccnc2ccccc12. The first kappa shape index (κ1) is 13.7. The molecule has 3 heteroatoms. The number of carbonyl (C=O) groups excluding carboxylic acids is 1. The van der Waals surface area contributed by atoms with Crippen molar-refractivity contribution in [2.75, 3.05) is 6.54 Å². The number of pyridine rings is 1. The molecule has 2 N–H and O–H groups in total. The summed E-state index contributed by atoms with van der Waals surface area (Å²) in [4.78, 5) is 16.6. The fraction of sp³-hybridized carbons (Fsp3) is 0.375. The fourth-order valence-electron chi connectivity index (χ4n) is 2.40. The van der Waals surface area contributed by atoms with Gasteiger partial charge in [0.1, 0.15) is 5.78 Å². The molecule has 2 aromatic rings. The number of nitrogens with two attached hydrogens (primary N) is 1. The van der Waals surface area contributed by atoms with E-state index in [1.807, 2.05) is 30.3 Å². The lowest BCUT2D eigenvalue weighted by atomic mass is 9.93. The molecular weight excluding hydrogens is 236 g/mol. The van der Waals surface area contributed by atoms with Crippen LogP contribution in [-0.2, 0) is 11.2 Å². The third kappa shape index (κ3) is 3.18. The van der Waals surface area contributed by atoms with Crippen LogP contribution in [0.1, 0.15) is 25.3 Å². The van der Waals surface area contributed by atoms with Crippen LogP contribution in [0.3, 0.4) is 0 Å². The van der Waals surface area contributed by atoms with E-state index >= 15 is 0 Å². The van der Waals surface area contributed by atoms with Gasteiger partial charge in [-0.05, 0) is 24.1 Å². The van der Waals surface area contributed by atoms with Gasteiger partial charge in [0.15, 0.2) is 0 Å². The number of para-hydroxylation sites is 1. The highest BCUT2D eigenvalue weighted by Crippen LogP contribution is 2.19. The molecule has 0 saturated carbocycles. The molecule has 1 unspecified atom stereocenters. The molecule has 3 nitrogen and oxygen atoms in total. The van der Waals surface area contributed by atoms with Gasteiger partial charge in [-0.25, -0.2) is 0 Å². The summed E-state index contributed by atoms with van der Waals surface area (Å²) in [5.74, 6) is 0.220. The summed E-state index contributed by atoms with van der Waals surface area (Å²) in [6, 6.07) is 9.85. The van der Waals surface area contributed by atoms with E-state index in [1.165, 1.54) is 0 Å². The van der Waals surface area contributed by atoms with Crippen LogP contribution >= 0.6 is 0 Å². The van der Waals surface area contributed by atoms with Crippen molar-refractivity contribution in [1.82, 2.24) is 4.98 Å². The second kappa shape index (κ2) is 6.43. The summed E-state index contributed by atoms with van der Waals surface area (Å²) in [6.07, 6.45) is 4.08. The molecule has 0 radical (unpaired) electrons. The lowest BCUT2D eigenvalue weighted by Gasteiger charge is -2.13. The first-order valence-corrected chi connectivity index (χ1v) is 6.81. The van der Waals surface area contributed by atoms with Crippen LogP contribution < -0.4 is 5.73 Å². The second-order valence-corrected chi connectivity index (χ2v) is 4.85. The fourth-order valence-corrected chi connectivity index (χ4v) is 2.40. The Balaban J connectivity index is 2.23. The van der Waals surface area contributed by atoms with E-state index in [9.17, 15) is 4.79 Å². The molecule has 1 heterocycles. The number of carbonyl (C=O) groups is 1. The van der Waals surface area contributed by atoms with E-state index in [-0.39, 0.29) is 11.7 Å². The summed E-state index contributed by atoms with van der Waals surface area (Å²) in [5, 5.41) is 1.06. The van der Waals surface area contributed by atoms with Crippen molar-refractivity contribution in [1.29, 1.82) is 0 Å². The Kier molecular flexibility index (Phi) is 4.63. The first-order valence-electron chi connectivity index (χ1n) is 6.81. The van der Waals surface area contributed by atoms with Gasteiger partial charge in [0.05, 0.1) is 5.52 Å². The summed E-state index contributed by atoms with van der Waals surface area (Å²) in [5.41, 5.74) is 7.68. The molecule has 1 aromatic carbocycles. The van der Waals surface area contributed by atoms with Gasteiger partial charge in [-0.2, -0.15) is 0 Å². The number of rotatable bonds is 6. The highest BCUT2D eigenvalue weighted by atomic mass is 16.1. The largest absolute Gasteiger partial charge is 0.330 e. The summed E-state index contributed by atoms with van der Waals surface area (Å²) >= 11 is 0. The predicted molar refractivity (Wildman–Crippen MR) is 77.9 cm³/mol. The average Bonchev–Trinajstić information content (AvgIpc) is 2.45. The molecule has 0 aliphatic heterocycles. The van der Waals surface area contributed by atoms with Crippen LogP contribution in [0.2, 0.25) is 0 Å². The van der Waals surface area contributed by atoms with Crippen molar-refractivity contribution in [3.05, 3.63) is 42.1 Å². The van der Waals surface area contributed by atoms with Crippen LogP contribution in [0.4, 0.5) is 0 Å². The molecule has 1 atom stereocenters. The van der Waals surface area contributed by atoms with Crippen molar-refractivity contribution < 1.29 is 4.79 Å². The van der Waals surface area contributed by atoms with Gasteiger partial charge in [-0.1, -0.05) is 31.5 Å². The Morgan fingerprint density at radius 2 is 2.11 bits per heavy atom. The maximum atomic E-state index is 12.3. The van der Waals surface area contributed by atoms with E-state index in [1.54, 1.807) is 6.20 Å². The van der Waals surface area contributed by atoms with E-state index in [0.717, 1.165) is 29.3 Å². The van der Waals surface area contributed by atoms with E-state index < -0.39 is 0 Å². The zero-order valence-electron chi connectivity index (χ0n) is 11.3. The van der Waals surface area contributed by atoms with Crippen LogP contribution in [-0.4, -0.2) is 17.3 Å².